The number of hydrogen-bond donors (Lipinski definition) is 0. The fourth-order valence-electron chi connectivity index (χ4n) is 3.97. The van der Waals surface area contributed by atoms with Crippen molar-refractivity contribution in [1.29, 1.82) is 0 Å². The second-order valence-electron chi connectivity index (χ2n) is 8.12. The lowest BCUT2D eigenvalue weighted by atomic mass is 10.1. The van der Waals surface area contributed by atoms with E-state index in [-0.39, 0.29) is 11.4 Å². The Hall–Kier alpha value is -4.66. The van der Waals surface area contributed by atoms with Crippen LogP contribution in [0, 0.1) is 0 Å². The highest BCUT2D eigenvalue weighted by Gasteiger charge is 2.31. The molecule has 2 aromatic heterocycles. The topological polar surface area (TPSA) is 61.4 Å². The summed E-state index contributed by atoms with van der Waals surface area (Å²) >= 11 is 0. The van der Waals surface area contributed by atoms with Gasteiger partial charge in [0.15, 0.2) is 5.82 Å². The predicted octanol–water partition coefficient (Wildman–Crippen LogP) is 6.15. The van der Waals surface area contributed by atoms with Gasteiger partial charge in [-0.25, -0.2) is 4.98 Å². The first-order valence-electron chi connectivity index (χ1n) is 11.5. The molecule has 9 heteroatoms. The van der Waals surface area contributed by atoms with Crippen molar-refractivity contribution < 1.29 is 17.9 Å². The molecule has 0 saturated carbocycles. The van der Waals surface area contributed by atoms with E-state index < -0.39 is 17.3 Å². The number of alkyl halides is 3. The average molecular weight is 502 g/mol. The van der Waals surface area contributed by atoms with Crippen LogP contribution < -0.4 is 10.3 Å². The molecule has 2 heterocycles. The Labute approximate surface area is 209 Å². The van der Waals surface area contributed by atoms with Gasteiger partial charge in [0.05, 0.1) is 35.0 Å². The smallest absolute Gasteiger partial charge is 0.416 e. The molecule has 0 unspecified atom stereocenters. The largest absolute Gasteiger partial charge is 0.494 e. The third kappa shape index (κ3) is 4.88. The number of ether oxygens (including phenoxy) is 1. The van der Waals surface area contributed by atoms with Crippen molar-refractivity contribution in [2.45, 2.75) is 13.1 Å². The first kappa shape index (κ1) is 24.1. The minimum absolute atomic E-state index is 0.00484. The van der Waals surface area contributed by atoms with Gasteiger partial charge in [0.1, 0.15) is 5.75 Å². The van der Waals surface area contributed by atoms with Crippen LogP contribution in [-0.4, -0.2) is 27.0 Å². The molecule has 186 valence electrons. The van der Waals surface area contributed by atoms with E-state index in [1.54, 1.807) is 24.3 Å². The van der Waals surface area contributed by atoms with E-state index in [1.807, 2.05) is 54.1 Å². The van der Waals surface area contributed by atoms with Gasteiger partial charge in [-0.2, -0.15) is 22.9 Å². The Morgan fingerprint density at radius 1 is 0.973 bits per heavy atom. The Bertz CT molecular complexity index is 1650. The van der Waals surface area contributed by atoms with Crippen molar-refractivity contribution in [3.05, 3.63) is 113 Å². The number of halogens is 3. The van der Waals surface area contributed by atoms with E-state index >= 15 is 0 Å². The molecule has 0 saturated heterocycles. The molecule has 0 radical (unpaired) electrons. The summed E-state index contributed by atoms with van der Waals surface area (Å²) < 4.78 is 48.6. The minimum Gasteiger partial charge on any atom is -0.494 e. The van der Waals surface area contributed by atoms with Crippen LogP contribution in [0.3, 0.4) is 0 Å². The van der Waals surface area contributed by atoms with Gasteiger partial charge >= 0.3 is 6.18 Å². The fraction of sp³-hybridized carbons (Fsp3) is 0.107. The lowest BCUT2D eigenvalue weighted by Gasteiger charge is -2.12. The van der Waals surface area contributed by atoms with Gasteiger partial charge < -0.3 is 9.30 Å². The van der Waals surface area contributed by atoms with Crippen molar-refractivity contribution in [3.63, 3.8) is 0 Å². The van der Waals surface area contributed by atoms with Crippen LogP contribution in [0.2, 0.25) is 0 Å². The summed E-state index contributed by atoms with van der Waals surface area (Å²) in [4.78, 5) is 17.9. The zero-order valence-electron chi connectivity index (χ0n) is 19.7. The van der Waals surface area contributed by atoms with Crippen molar-refractivity contribution in [2.24, 2.45) is 5.10 Å². The summed E-state index contributed by atoms with van der Waals surface area (Å²) in [5, 5.41) is 4.69. The van der Waals surface area contributed by atoms with Crippen LogP contribution >= 0.6 is 0 Å². The molecule has 0 amide bonds. The van der Waals surface area contributed by atoms with Gasteiger partial charge in [0.25, 0.3) is 5.56 Å². The minimum atomic E-state index is -4.54. The third-order valence-electron chi connectivity index (χ3n) is 5.71. The van der Waals surface area contributed by atoms with Gasteiger partial charge in [-0.15, -0.1) is 0 Å². The molecule has 37 heavy (non-hydrogen) atoms. The summed E-state index contributed by atoms with van der Waals surface area (Å²) in [5.74, 6) is 0.748. The second kappa shape index (κ2) is 9.77. The standard InChI is InChI=1S/C28H21F3N4O2/c1-2-37-23-14-12-21(13-15-23)34-16-6-9-22(34)18-32-35-26(19-7-5-8-20(17-19)28(29,30)31)33-25-11-4-3-10-24(25)27(35)36/h3-18H,2H2,1H3. The summed E-state index contributed by atoms with van der Waals surface area (Å²) in [6.45, 7) is 2.47. The summed E-state index contributed by atoms with van der Waals surface area (Å²) in [6.07, 6.45) is -1.22. The quantitative estimate of drug-likeness (QED) is 0.262. The highest BCUT2D eigenvalue weighted by atomic mass is 19.4. The number of nitrogens with zero attached hydrogens (tertiary/aromatic N) is 4. The van der Waals surface area contributed by atoms with E-state index in [4.69, 9.17) is 4.74 Å². The molecule has 5 aromatic rings. The maximum absolute atomic E-state index is 13.4. The molecular weight excluding hydrogens is 481 g/mol. The molecule has 0 atom stereocenters. The highest BCUT2D eigenvalue weighted by Crippen LogP contribution is 2.32. The Morgan fingerprint density at radius 2 is 1.76 bits per heavy atom. The van der Waals surface area contributed by atoms with Gasteiger partial charge in [-0.1, -0.05) is 24.3 Å². The lowest BCUT2D eigenvalue weighted by Crippen LogP contribution is -2.20. The van der Waals surface area contributed by atoms with Crippen LogP contribution in [0.4, 0.5) is 13.2 Å². The van der Waals surface area contributed by atoms with Crippen LogP contribution in [0.1, 0.15) is 18.2 Å². The third-order valence-corrected chi connectivity index (χ3v) is 5.71. The van der Waals surface area contributed by atoms with E-state index in [9.17, 15) is 18.0 Å². The van der Waals surface area contributed by atoms with Crippen molar-refractivity contribution in [1.82, 2.24) is 14.2 Å². The summed E-state index contributed by atoms with van der Waals surface area (Å²) in [5.41, 5.74) is 0.651. The molecule has 6 nitrogen and oxygen atoms in total. The number of para-hydroxylation sites is 1. The molecule has 0 aliphatic heterocycles. The van der Waals surface area contributed by atoms with Crippen LogP contribution in [-0.2, 0) is 6.18 Å². The van der Waals surface area contributed by atoms with Crippen LogP contribution in [0.25, 0.3) is 28.0 Å². The first-order valence-corrected chi connectivity index (χ1v) is 11.5. The molecule has 3 aromatic carbocycles. The number of aromatic nitrogens is 3. The van der Waals surface area contributed by atoms with Gasteiger partial charge in [0, 0.05) is 17.4 Å². The monoisotopic (exact) mass is 502 g/mol. The van der Waals surface area contributed by atoms with Crippen LogP contribution in [0.5, 0.6) is 5.75 Å². The highest BCUT2D eigenvalue weighted by molar-refractivity contribution is 5.81. The Kier molecular flexibility index (Phi) is 6.35. The van der Waals surface area contributed by atoms with Crippen molar-refractivity contribution in [2.75, 3.05) is 6.61 Å². The van der Waals surface area contributed by atoms with Crippen LogP contribution in [0.15, 0.2) is 101 Å². The number of benzene rings is 3. The number of hydrogen-bond acceptors (Lipinski definition) is 4. The Morgan fingerprint density at radius 3 is 2.51 bits per heavy atom. The SMILES string of the molecule is CCOc1ccc(-n2cccc2C=Nn2c(-c3cccc(C(F)(F)F)c3)nc3ccccc3c2=O)cc1. The maximum Gasteiger partial charge on any atom is 0.416 e. The fourth-order valence-corrected chi connectivity index (χ4v) is 3.97. The molecule has 0 aliphatic rings. The molecule has 0 spiro atoms. The molecule has 5 rings (SSSR count). The molecular formula is C28H21F3N4O2. The number of fused-ring (bicyclic) bond motifs is 1. The van der Waals surface area contributed by atoms with Crippen molar-refractivity contribution in [3.8, 4) is 22.8 Å². The Balaban J connectivity index is 1.62. The first-order chi connectivity index (χ1) is 17.8. The van der Waals surface area contributed by atoms with Crippen molar-refractivity contribution >= 4 is 17.1 Å². The second-order valence-corrected chi connectivity index (χ2v) is 8.12. The average Bonchev–Trinajstić information content (AvgIpc) is 3.37. The molecule has 0 bridgehead atoms. The van der Waals surface area contributed by atoms with Gasteiger partial charge in [-0.05, 0) is 67.6 Å². The zero-order valence-corrected chi connectivity index (χ0v) is 19.7. The summed E-state index contributed by atoms with van der Waals surface area (Å²) in [6, 6.07) is 22.5. The normalized spacial score (nSPS) is 11.9. The van der Waals surface area contributed by atoms with Gasteiger partial charge in [0.2, 0.25) is 0 Å². The molecule has 0 fully saturated rings. The maximum atomic E-state index is 13.4. The lowest BCUT2D eigenvalue weighted by molar-refractivity contribution is -0.137. The molecule has 0 N–H and O–H groups in total. The zero-order chi connectivity index (χ0) is 26.0. The van der Waals surface area contributed by atoms with Gasteiger partial charge in [-0.3, -0.25) is 4.79 Å². The van der Waals surface area contributed by atoms with E-state index in [2.05, 4.69) is 10.1 Å². The summed E-state index contributed by atoms with van der Waals surface area (Å²) in [7, 11) is 0. The van der Waals surface area contributed by atoms with E-state index in [0.29, 0.717) is 23.2 Å². The molecule has 0 aliphatic carbocycles. The van der Waals surface area contributed by atoms with E-state index in [1.165, 1.54) is 18.3 Å². The predicted molar refractivity (Wildman–Crippen MR) is 136 cm³/mol. The number of rotatable bonds is 6. The van der Waals surface area contributed by atoms with E-state index in [0.717, 1.165) is 28.2 Å².